The van der Waals surface area contributed by atoms with Crippen molar-refractivity contribution in [2.45, 2.75) is 0 Å². The molecule has 0 unspecified atom stereocenters. The SMILES string of the molecule is COc1cc(NC(=O)c2ccccc2)c(OC)cc1NC(=O)COCC(=O)O. The second-order valence-corrected chi connectivity index (χ2v) is 5.51. The summed E-state index contributed by atoms with van der Waals surface area (Å²) in [6.45, 7) is -1.03. The molecule has 0 heterocycles. The number of benzene rings is 2. The lowest BCUT2D eigenvalue weighted by atomic mass is 10.2. The first-order valence-electron chi connectivity index (χ1n) is 8.16. The maximum absolute atomic E-state index is 12.4. The van der Waals surface area contributed by atoms with Crippen LogP contribution in [0.1, 0.15) is 10.4 Å². The van der Waals surface area contributed by atoms with Gasteiger partial charge in [-0.25, -0.2) is 4.79 Å². The molecule has 0 aromatic heterocycles. The zero-order chi connectivity index (χ0) is 20.5. The van der Waals surface area contributed by atoms with E-state index in [-0.39, 0.29) is 17.3 Å². The van der Waals surface area contributed by atoms with Crippen LogP contribution in [0.5, 0.6) is 11.5 Å². The van der Waals surface area contributed by atoms with E-state index >= 15 is 0 Å². The molecule has 0 fully saturated rings. The van der Waals surface area contributed by atoms with Gasteiger partial charge in [-0.1, -0.05) is 18.2 Å². The summed E-state index contributed by atoms with van der Waals surface area (Å²) in [4.78, 5) is 34.7. The Hall–Kier alpha value is -3.59. The number of hydrogen-bond donors (Lipinski definition) is 3. The van der Waals surface area contributed by atoms with Crippen molar-refractivity contribution >= 4 is 29.2 Å². The lowest BCUT2D eigenvalue weighted by Crippen LogP contribution is -2.21. The summed E-state index contributed by atoms with van der Waals surface area (Å²) in [7, 11) is 2.82. The molecule has 9 nitrogen and oxygen atoms in total. The van der Waals surface area contributed by atoms with Gasteiger partial charge in [0.1, 0.15) is 24.7 Å². The molecule has 148 valence electrons. The van der Waals surface area contributed by atoms with E-state index in [0.29, 0.717) is 17.0 Å². The Balaban J connectivity index is 2.17. The first-order chi connectivity index (χ1) is 13.4. The summed E-state index contributed by atoms with van der Waals surface area (Å²) >= 11 is 0. The highest BCUT2D eigenvalue weighted by atomic mass is 16.5. The van der Waals surface area contributed by atoms with Crippen molar-refractivity contribution < 1.29 is 33.7 Å². The smallest absolute Gasteiger partial charge is 0.329 e. The predicted octanol–water partition coefficient (Wildman–Crippen LogP) is 2.00. The quantitative estimate of drug-likeness (QED) is 0.600. The monoisotopic (exact) mass is 388 g/mol. The molecular weight excluding hydrogens is 368 g/mol. The van der Waals surface area contributed by atoms with Crippen molar-refractivity contribution in [3.8, 4) is 11.5 Å². The number of hydrogen-bond acceptors (Lipinski definition) is 6. The fraction of sp³-hybridized carbons (Fsp3) is 0.211. The number of rotatable bonds is 9. The summed E-state index contributed by atoms with van der Waals surface area (Å²) in [6.07, 6.45) is 0. The third-order valence-electron chi connectivity index (χ3n) is 3.54. The Bertz CT molecular complexity index is 853. The summed E-state index contributed by atoms with van der Waals surface area (Å²) < 4.78 is 15.3. The van der Waals surface area contributed by atoms with Crippen molar-refractivity contribution in [2.75, 3.05) is 38.1 Å². The van der Waals surface area contributed by atoms with Crippen LogP contribution in [0, 0.1) is 0 Å². The molecule has 2 aromatic carbocycles. The number of anilines is 2. The van der Waals surface area contributed by atoms with Gasteiger partial charge in [0.25, 0.3) is 5.91 Å². The Morgan fingerprint density at radius 3 is 2.00 bits per heavy atom. The van der Waals surface area contributed by atoms with Crippen LogP contribution >= 0.6 is 0 Å². The molecular formula is C19H20N2O7. The molecule has 0 radical (unpaired) electrons. The van der Waals surface area contributed by atoms with Gasteiger partial charge in [-0.2, -0.15) is 0 Å². The highest BCUT2D eigenvalue weighted by Gasteiger charge is 2.16. The van der Waals surface area contributed by atoms with Crippen molar-refractivity contribution in [1.29, 1.82) is 0 Å². The zero-order valence-corrected chi connectivity index (χ0v) is 15.4. The first kappa shape index (κ1) is 20.7. The molecule has 0 aliphatic carbocycles. The summed E-state index contributed by atoms with van der Waals surface area (Å²) in [6, 6.07) is 11.6. The fourth-order valence-corrected chi connectivity index (χ4v) is 2.29. The largest absolute Gasteiger partial charge is 0.494 e. The van der Waals surface area contributed by atoms with E-state index in [4.69, 9.17) is 19.3 Å². The van der Waals surface area contributed by atoms with Gasteiger partial charge in [-0.15, -0.1) is 0 Å². The van der Waals surface area contributed by atoms with Gasteiger partial charge in [0.05, 0.1) is 25.6 Å². The molecule has 0 saturated heterocycles. The van der Waals surface area contributed by atoms with E-state index < -0.39 is 25.1 Å². The number of carbonyl (C=O) groups excluding carboxylic acids is 2. The molecule has 2 amide bonds. The first-order valence-corrected chi connectivity index (χ1v) is 8.16. The average molecular weight is 388 g/mol. The normalized spacial score (nSPS) is 10.1. The van der Waals surface area contributed by atoms with Crippen molar-refractivity contribution in [3.63, 3.8) is 0 Å². The van der Waals surface area contributed by atoms with E-state index in [0.717, 1.165) is 0 Å². The number of nitrogens with one attached hydrogen (secondary N) is 2. The molecule has 0 atom stereocenters. The lowest BCUT2D eigenvalue weighted by Gasteiger charge is -2.16. The van der Waals surface area contributed by atoms with E-state index in [2.05, 4.69) is 10.6 Å². The lowest BCUT2D eigenvalue weighted by molar-refractivity contribution is -0.143. The van der Waals surface area contributed by atoms with E-state index in [9.17, 15) is 14.4 Å². The van der Waals surface area contributed by atoms with Gasteiger partial charge in [-0.05, 0) is 12.1 Å². The van der Waals surface area contributed by atoms with Crippen LogP contribution < -0.4 is 20.1 Å². The Kier molecular flexibility index (Phi) is 7.35. The number of carboxylic acids is 1. The standard InChI is InChI=1S/C19H20N2O7/c1-26-15-9-14(21-19(25)12-6-4-3-5-7-12)16(27-2)8-13(15)20-17(22)10-28-11-18(23)24/h3-9H,10-11H2,1-2H3,(H,20,22)(H,21,25)(H,23,24). The van der Waals surface area contributed by atoms with Crippen LogP contribution in [0.4, 0.5) is 11.4 Å². The van der Waals surface area contributed by atoms with Crippen LogP contribution in [0.2, 0.25) is 0 Å². The maximum atomic E-state index is 12.4. The zero-order valence-electron chi connectivity index (χ0n) is 15.4. The highest BCUT2D eigenvalue weighted by molar-refractivity contribution is 6.05. The van der Waals surface area contributed by atoms with E-state index in [1.165, 1.54) is 26.4 Å². The predicted molar refractivity (Wildman–Crippen MR) is 101 cm³/mol. The number of methoxy groups -OCH3 is 2. The third-order valence-corrected chi connectivity index (χ3v) is 3.54. The Labute approximate surface area is 161 Å². The van der Waals surface area contributed by atoms with Gasteiger partial charge < -0.3 is 30.0 Å². The molecule has 0 spiro atoms. The second kappa shape index (κ2) is 9.93. The van der Waals surface area contributed by atoms with Gasteiger partial charge in [-0.3, -0.25) is 9.59 Å². The Morgan fingerprint density at radius 2 is 1.46 bits per heavy atom. The van der Waals surface area contributed by atoms with Crippen molar-refractivity contribution in [3.05, 3.63) is 48.0 Å². The highest BCUT2D eigenvalue weighted by Crippen LogP contribution is 2.36. The molecule has 28 heavy (non-hydrogen) atoms. The topological polar surface area (TPSA) is 123 Å². The number of carboxylic acid groups (broad SMARTS) is 1. The van der Waals surface area contributed by atoms with Crippen molar-refractivity contribution in [1.82, 2.24) is 0 Å². The molecule has 0 aliphatic heterocycles. The number of ether oxygens (including phenoxy) is 3. The summed E-state index contributed by atoms with van der Waals surface area (Å²) in [5.74, 6) is -1.50. The molecule has 2 aromatic rings. The second-order valence-electron chi connectivity index (χ2n) is 5.51. The van der Waals surface area contributed by atoms with E-state index in [1.54, 1.807) is 30.3 Å². The molecule has 2 rings (SSSR count). The molecule has 0 bridgehead atoms. The molecule has 0 saturated carbocycles. The van der Waals surface area contributed by atoms with Gasteiger partial charge in [0.15, 0.2) is 0 Å². The van der Waals surface area contributed by atoms with Gasteiger partial charge in [0, 0.05) is 17.7 Å². The van der Waals surface area contributed by atoms with Gasteiger partial charge in [0.2, 0.25) is 5.91 Å². The molecule has 0 aliphatic rings. The van der Waals surface area contributed by atoms with E-state index in [1.807, 2.05) is 0 Å². The Morgan fingerprint density at radius 1 is 0.893 bits per heavy atom. The number of aliphatic carboxylic acids is 1. The number of carbonyl (C=O) groups is 3. The van der Waals surface area contributed by atoms with Crippen molar-refractivity contribution in [2.24, 2.45) is 0 Å². The molecule has 9 heteroatoms. The van der Waals surface area contributed by atoms with Gasteiger partial charge >= 0.3 is 5.97 Å². The average Bonchev–Trinajstić information content (AvgIpc) is 2.69. The fourth-order valence-electron chi connectivity index (χ4n) is 2.29. The summed E-state index contributed by atoms with van der Waals surface area (Å²) in [5.41, 5.74) is 1.10. The van der Waals surface area contributed by atoms with Crippen LogP contribution in [-0.2, 0) is 14.3 Å². The minimum absolute atomic E-state index is 0.274. The van der Waals surface area contributed by atoms with Crippen LogP contribution in [0.3, 0.4) is 0 Å². The third kappa shape index (κ3) is 5.71. The maximum Gasteiger partial charge on any atom is 0.329 e. The van der Waals surface area contributed by atoms with Crippen LogP contribution in [0.25, 0.3) is 0 Å². The number of amides is 2. The van der Waals surface area contributed by atoms with Crippen LogP contribution in [0.15, 0.2) is 42.5 Å². The minimum atomic E-state index is -1.18. The molecule has 3 N–H and O–H groups in total. The summed E-state index contributed by atoms with van der Waals surface area (Å²) in [5, 5.41) is 13.8. The minimum Gasteiger partial charge on any atom is -0.494 e. The van der Waals surface area contributed by atoms with Crippen LogP contribution in [-0.4, -0.2) is 50.3 Å².